The van der Waals surface area contributed by atoms with Gasteiger partial charge in [0.1, 0.15) is 0 Å². The summed E-state index contributed by atoms with van der Waals surface area (Å²) in [7, 11) is 0. The maximum atomic E-state index is 5.73. The van der Waals surface area contributed by atoms with Gasteiger partial charge in [0.2, 0.25) is 0 Å². The Hall–Kier alpha value is -1.83. The van der Waals surface area contributed by atoms with E-state index in [0.29, 0.717) is 5.69 Å². The van der Waals surface area contributed by atoms with Gasteiger partial charge in [-0.1, -0.05) is 37.6 Å². The van der Waals surface area contributed by atoms with E-state index in [1.54, 1.807) is 6.20 Å². The lowest BCUT2D eigenvalue weighted by Gasteiger charge is -2.04. The highest BCUT2D eigenvalue weighted by Gasteiger charge is 1.99. The summed E-state index contributed by atoms with van der Waals surface area (Å²) in [4.78, 5) is 4.11. The van der Waals surface area contributed by atoms with Crippen LogP contribution in [-0.2, 0) is 6.42 Å². The fourth-order valence-electron chi connectivity index (χ4n) is 1.86. The fraction of sp³-hybridized carbons (Fsp3) is 0.267. The van der Waals surface area contributed by atoms with E-state index < -0.39 is 0 Å². The number of rotatable bonds is 4. The van der Waals surface area contributed by atoms with Crippen LogP contribution >= 0.6 is 0 Å². The Labute approximate surface area is 103 Å². The van der Waals surface area contributed by atoms with Gasteiger partial charge in [-0.25, -0.2) is 0 Å². The molecule has 0 aliphatic heterocycles. The molecule has 0 amide bonds. The van der Waals surface area contributed by atoms with Gasteiger partial charge in [-0.2, -0.15) is 0 Å². The first-order valence-corrected chi connectivity index (χ1v) is 6.09. The lowest BCUT2D eigenvalue weighted by Crippen LogP contribution is -1.88. The summed E-state index contributed by atoms with van der Waals surface area (Å²) in [6.07, 6.45) is 7.16. The molecule has 0 saturated carbocycles. The number of aryl methyl sites for hydroxylation is 1. The first-order chi connectivity index (χ1) is 8.29. The van der Waals surface area contributed by atoms with Gasteiger partial charge in [0.15, 0.2) is 0 Å². The Morgan fingerprint density at radius 1 is 1.06 bits per heavy atom. The number of aromatic nitrogens is 1. The van der Waals surface area contributed by atoms with E-state index in [-0.39, 0.29) is 0 Å². The van der Waals surface area contributed by atoms with E-state index in [1.807, 2.05) is 12.3 Å². The van der Waals surface area contributed by atoms with Gasteiger partial charge in [0.05, 0.1) is 5.69 Å². The van der Waals surface area contributed by atoms with Crippen LogP contribution in [0.4, 0.5) is 5.69 Å². The lowest BCUT2D eigenvalue weighted by molar-refractivity contribution is 0.795. The predicted octanol–water partition coefficient (Wildman–Crippen LogP) is 3.67. The number of pyridine rings is 1. The molecule has 2 nitrogen and oxygen atoms in total. The van der Waals surface area contributed by atoms with Crippen molar-refractivity contribution in [2.75, 3.05) is 5.73 Å². The van der Waals surface area contributed by atoms with E-state index in [9.17, 15) is 0 Å². The molecule has 1 aromatic carbocycles. The Morgan fingerprint density at radius 3 is 2.47 bits per heavy atom. The second kappa shape index (κ2) is 5.48. The van der Waals surface area contributed by atoms with Crippen molar-refractivity contribution in [2.45, 2.75) is 26.2 Å². The van der Waals surface area contributed by atoms with Crippen molar-refractivity contribution in [3.05, 3.63) is 48.3 Å². The standard InChI is InChI=1S/C15H18N2/c1-2-3-4-12-5-7-13(8-6-12)14-9-15(16)11-17-10-14/h5-11H,2-4,16H2,1H3. The number of hydrogen-bond donors (Lipinski definition) is 1. The number of nitrogen functional groups attached to an aromatic ring is 1. The van der Waals surface area contributed by atoms with Gasteiger partial charge in [-0.15, -0.1) is 0 Å². The van der Waals surface area contributed by atoms with Crippen molar-refractivity contribution in [1.29, 1.82) is 0 Å². The zero-order chi connectivity index (χ0) is 12.1. The van der Waals surface area contributed by atoms with E-state index in [1.165, 1.54) is 24.0 Å². The maximum Gasteiger partial charge on any atom is 0.0506 e. The highest BCUT2D eigenvalue weighted by Crippen LogP contribution is 2.21. The molecule has 0 aliphatic carbocycles. The highest BCUT2D eigenvalue weighted by atomic mass is 14.7. The average Bonchev–Trinajstić information content (AvgIpc) is 2.37. The molecule has 0 saturated heterocycles. The van der Waals surface area contributed by atoms with Crippen LogP contribution in [0.15, 0.2) is 42.7 Å². The first-order valence-electron chi connectivity index (χ1n) is 6.09. The summed E-state index contributed by atoms with van der Waals surface area (Å²) in [5.74, 6) is 0. The summed E-state index contributed by atoms with van der Waals surface area (Å²) in [5.41, 5.74) is 10.1. The van der Waals surface area contributed by atoms with Crippen molar-refractivity contribution in [2.24, 2.45) is 0 Å². The molecule has 1 aromatic heterocycles. The average molecular weight is 226 g/mol. The normalized spacial score (nSPS) is 10.4. The summed E-state index contributed by atoms with van der Waals surface area (Å²) < 4.78 is 0. The van der Waals surface area contributed by atoms with Crippen LogP contribution in [0.5, 0.6) is 0 Å². The molecule has 0 atom stereocenters. The zero-order valence-electron chi connectivity index (χ0n) is 10.2. The van der Waals surface area contributed by atoms with E-state index in [0.717, 1.165) is 12.0 Å². The van der Waals surface area contributed by atoms with Crippen LogP contribution in [-0.4, -0.2) is 4.98 Å². The second-order valence-corrected chi connectivity index (χ2v) is 4.31. The molecule has 2 aromatic rings. The third-order valence-electron chi connectivity index (χ3n) is 2.87. The van der Waals surface area contributed by atoms with Crippen molar-refractivity contribution >= 4 is 5.69 Å². The second-order valence-electron chi connectivity index (χ2n) is 4.31. The largest absolute Gasteiger partial charge is 0.397 e. The minimum atomic E-state index is 0.706. The molecule has 88 valence electrons. The van der Waals surface area contributed by atoms with Crippen LogP contribution in [0.25, 0.3) is 11.1 Å². The van der Waals surface area contributed by atoms with Gasteiger partial charge in [0.25, 0.3) is 0 Å². The fourth-order valence-corrected chi connectivity index (χ4v) is 1.86. The molecule has 0 radical (unpaired) electrons. The zero-order valence-corrected chi connectivity index (χ0v) is 10.2. The topological polar surface area (TPSA) is 38.9 Å². The lowest BCUT2D eigenvalue weighted by atomic mass is 10.0. The third kappa shape index (κ3) is 3.06. The number of benzene rings is 1. The van der Waals surface area contributed by atoms with Gasteiger partial charge in [-0.3, -0.25) is 4.98 Å². The summed E-state index contributed by atoms with van der Waals surface area (Å²) in [6, 6.07) is 10.6. The third-order valence-corrected chi connectivity index (χ3v) is 2.87. The van der Waals surface area contributed by atoms with Gasteiger partial charge in [0, 0.05) is 18.0 Å². The number of hydrogen-bond acceptors (Lipinski definition) is 2. The van der Waals surface area contributed by atoms with Crippen LogP contribution in [0.3, 0.4) is 0 Å². The van der Waals surface area contributed by atoms with Crippen LogP contribution < -0.4 is 5.73 Å². The molecule has 0 spiro atoms. The van der Waals surface area contributed by atoms with Crippen LogP contribution in [0.1, 0.15) is 25.3 Å². The molecule has 0 bridgehead atoms. The monoisotopic (exact) mass is 226 g/mol. The maximum absolute atomic E-state index is 5.73. The number of unbranched alkanes of at least 4 members (excludes halogenated alkanes) is 1. The van der Waals surface area contributed by atoms with Gasteiger partial charge < -0.3 is 5.73 Å². The molecule has 0 unspecified atom stereocenters. The summed E-state index contributed by atoms with van der Waals surface area (Å²) in [5, 5.41) is 0. The molecule has 0 fully saturated rings. The Bertz CT molecular complexity index is 475. The minimum Gasteiger partial charge on any atom is -0.397 e. The number of anilines is 1. The Morgan fingerprint density at radius 2 is 1.82 bits per heavy atom. The molecule has 17 heavy (non-hydrogen) atoms. The summed E-state index contributed by atoms with van der Waals surface area (Å²) in [6.45, 7) is 2.22. The van der Waals surface area contributed by atoms with Crippen LogP contribution in [0, 0.1) is 0 Å². The number of nitrogens with zero attached hydrogens (tertiary/aromatic N) is 1. The highest BCUT2D eigenvalue weighted by molar-refractivity contribution is 5.65. The van der Waals surface area contributed by atoms with Crippen molar-refractivity contribution in [3.8, 4) is 11.1 Å². The van der Waals surface area contributed by atoms with Crippen molar-refractivity contribution in [3.63, 3.8) is 0 Å². The minimum absolute atomic E-state index is 0.706. The SMILES string of the molecule is CCCCc1ccc(-c2cncc(N)c2)cc1. The molecule has 0 aliphatic rings. The predicted molar refractivity (Wildman–Crippen MR) is 72.7 cm³/mol. The first kappa shape index (κ1) is 11.6. The van der Waals surface area contributed by atoms with E-state index in [2.05, 4.69) is 36.2 Å². The van der Waals surface area contributed by atoms with Crippen molar-refractivity contribution < 1.29 is 0 Å². The summed E-state index contributed by atoms with van der Waals surface area (Å²) >= 11 is 0. The quantitative estimate of drug-likeness (QED) is 0.863. The molecular formula is C15H18N2. The van der Waals surface area contributed by atoms with Gasteiger partial charge in [-0.05, 0) is 30.0 Å². The molecular weight excluding hydrogens is 208 g/mol. The molecule has 2 N–H and O–H groups in total. The van der Waals surface area contributed by atoms with E-state index in [4.69, 9.17) is 5.73 Å². The van der Waals surface area contributed by atoms with E-state index >= 15 is 0 Å². The number of nitrogens with two attached hydrogens (primary N) is 1. The van der Waals surface area contributed by atoms with Crippen LogP contribution in [0.2, 0.25) is 0 Å². The Balaban J connectivity index is 2.17. The molecule has 2 rings (SSSR count). The van der Waals surface area contributed by atoms with Crippen molar-refractivity contribution in [1.82, 2.24) is 4.98 Å². The smallest absolute Gasteiger partial charge is 0.0506 e. The molecule has 1 heterocycles. The molecule has 2 heteroatoms. The Kier molecular flexibility index (Phi) is 3.76. The van der Waals surface area contributed by atoms with Gasteiger partial charge >= 0.3 is 0 Å².